The van der Waals surface area contributed by atoms with Gasteiger partial charge in [0.15, 0.2) is 0 Å². The number of benzene rings is 2. The molecule has 0 spiro atoms. The monoisotopic (exact) mass is 454 g/mol. The fraction of sp³-hybridized carbons (Fsp3) is 0.357. The van der Waals surface area contributed by atoms with Crippen molar-refractivity contribution in [1.82, 2.24) is 14.9 Å². The van der Waals surface area contributed by atoms with Crippen molar-refractivity contribution in [2.75, 3.05) is 31.1 Å². The van der Waals surface area contributed by atoms with E-state index in [9.17, 15) is 0 Å². The molecule has 1 saturated heterocycles. The largest absolute Gasteiger partial charge is 0.353 e. The molecule has 4 aromatic rings. The zero-order valence-corrected chi connectivity index (χ0v) is 20.0. The quantitative estimate of drug-likeness (QED) is 0.394. The summed E-state index contributed by atoms with van der Waals surface area (Å²) in [6.07, 6.45) is 5.42. The number of rotatable bonds is 4. The van der Waals surface area contributed by atoms with Crippen LogP contribution in [0.3, 0.4) is 0 Å². The Morgan fingerprint density at radius 2 is 1.55 bits per heavy atom. The Labute approximate surface area is 199 Å². The number of anilines is 1. The second-order valence-electron chi connectivity index (χ2n) is 9.48. The van der Waals surface area contributed by atoms with E-state index in [4.69, 9.17) is 4.98 Å². The van der Waals surface area contributed by atoms with Crippen molar-refractivity contribution in [3.63, 3.8) is 0 Å². The Kier molecular flexibility index (Phi) is 5.60. The molecular weight excluding hydrogens is 424 g/mol. The molecule has 6 rings (SSSR count). The average Bonchev–Trinajstić information content (AvgIpc) is 3.24. The van der Waals surface area contributed by atoms with E-state index in [2.05, 4.69) is 82.4 Å². The molecule has 33 heavy (non-hydrogen) atoms. The fourth-order valence-corrected chi connectivity index (χ4v) is 6.76. The lowest BCUT2D eigenvalue weighted by atomic mass is 9.88. The highest BCUT2D eigenvalue weighted by atomic mass is 32.1. The van der Waals surface area contributed by atoms with Gasteiger partial charge in [0.25, 0.3) is 0 Å². The predicted octanol–water partition coefficient (Wildman–Crippen LogP) is 5.73. The number of piperazine rings is 1. The van der Waals surface area contributed by atoms with Crippen LogP contribution >= 0.6 is 11.3 Å². The maximum Gasteiger partial charge on any atom is 0.141 e. The van der Waals surface area contributed by atoms with E-state index in [0.29, 0.717) is 0 Å². The van der Waals surface area contributed by atoms with Crippen molar-refractivity contribution in [3.05, 3.63) is 88.6 Å². The Morgan fingerprint density at radius 1 is 0.879 bits per heavy atom. The van der Waals surface area contributed by atoms with Crippen LogP contribution in [-0.2, 0) is 12.8 Å². The average molecular weight is 455 g/mol. The third-order valence-electron chi connectivity index (χ3n) is 7.28. The smallest absolute Gasteiger partial charge is 0.141 e. The normalized spacial score (nSPS) is 19.2. The number of fused-ring (bicyclic) bond motifs is 3. The van der Waals surface area contributed by atoms with Crippen molar-refractivity contribution in [2.24, 2.45) is 5.92 Å². The lowest BCUT2D eigenvalue weighted by molar-refractivity contribution is 0.212. The van der Waals surface area contributed by atoms with Crippen molar-refractivity contribution >= 4 is 27.4 Å². The van der Waals surface area contributed by atoms with E-state index < -0.39 is 0 Å². The van der Waals surface area contributed by atoms with Crippen LogP contribution in [0.4, 0.5) is 5.82 Å². The lowest BCUT2D eigenvalue weighted by Crippen LogP contribution is -2.48. The van der Waals surface area contributed by atoms with Crippen molar-refractivity contribution in [2.45, 2.75) is 32.2 Å². The first kappa shape index (κ1) is 20.8. The van der Waals surface area contributed by atoms with Gasteiger partial charge in [-0.25, -0.2) is 9.97 Å². The van der Waals surface area contributed by atoms with Gasteiger partial charge in [0.2, 0.25) is 0 Å². The fourth-order valence-electron chi connectivity index (χ4n) is 5.58. The van der Waals surface area contributed by atoms with Crippen LogP contribution < -0.4 is 4.90 Å². The van der Waals surface area contributed by atoms with Crippen LogP contribution in [0, 0.1) is 5.92 Å². The molecule has 1 fully saturated rings. The molecule has 0 bridgehead atoms. The molecule has 1 unspecified atom stereocenters. The first-order valence-corrected chi connectivity index (χ1v) is 12.9. The zero-order chi connectivity index (χ0) is 22.2. The Hall–Kier alpha value is -2.76. The number of nitrogens with zero attached hydrogens (tertiary/aromatic N) is 4. The number of thiophene rings is 1. The van der Waals surface area contributed by atoms with Crippen LogP contribution in [0.5, 0.6) is 0 Å². The molecule has 2 aromatic heterocycles. The van der Waals surface area contributed by atoms with Crippen molar-refractivity contribution in [1.29, 1.82) is 0 Å². The summed E-state index contributed by atoms with van der Waals surface area (Å²) in [5.41, 5.74) is 4.25. The Bertz CT molecular complexity index is 1190. The maximum absolute atomic E-state index is 4.83. The van der Waals surface area contributed by atoms with Crippen molar-refractivity contribution < 1.29 is 0 Å². The third kappa shape index (κ3) is 3.94. The minimum atomic E-state index is 0.287. The molecule has 1 aliphatic carbocycles. The summed E-state index contributed by atoms with van der Waals surface area (Å²) in [5.74, 6) is 1.90. The Balaban J connectivity index is 1.29. The van der Waals surface area contributed by atoms with Crippen LogP contribution in [-0.4, -0.2) is 41.0 Å². The maximum atomic E-state index is 4.83. The van der Waals surface area contributed by atoms with E-state index in [-0.39, 0.29) is 6.04 Å². The summed E-state index contributed by atoms with van der Waals surface area (Å²) < 4.78 is 0. The summed E-state index contributed by atoms with van der Waals surface area (Å²) in [6, 6.07) is 22.1. The molecule has 1 atom stereocenters. The molecule has 168 valence electrons. The summed E-state index contributed by atoms with van der Waals surface area (Å²) in [7, 11) is 0. The van der Waals surface area contributed by atoms with E-state index >= 15 is 0 Å². The Morgan fingerprint density at radius 3 is 2.21 bits per heavy atom. The molecule has 0 radical (unpaired) electrons. The molecule has 0 N–H and O–H groups in total. The second-order valence-corrected chi connectivity index (χ2v) is 10.6. The zero-order valence-electron chi connectivity index (χ0n) is 19.2. The third-order valence-corrected chi connectivity index (χ3v) is 8.48. The molecule has 5 heteroatoms. The van der Waals surface area contributed by atoms with E-state index in [1.165, 1.54) is 51.0 Å². The van der Waals surface area contributed by atoms with Gasteiger partial charge in [0.1, 0.15) is 17.0 Å². The predicted molar refractivity (Wildman–Crippen MR) is 137 cm³/mol. The highest BCUT2D eigenvalue weighted by Crippen LogP contribution is 2.41. The van der Waals surface area contributed by atoms with Gasteiger partial charge in [-0.3, -0.25) is 4.90 Å². The lowest BCUT2D eigenvalue weighted by Gasteiger charge is -2.40. The number of aromatic nitrogens is 2. The van der Waals surface area contributed by atoms with Crippen molar-refractivity contribution in [3.8, 4) is 0 Å². The minimum Gasteiger partial charge on any atom is -0.353 e. The molecule has 1 aliphatic heterocycles. The number of hydrogen-bond donors (Lipinski definition) is 0. The highest BCUT2D eigenvalue weighted by molar-refractivity contribution is 7.19. The molecule has 2 aromatic carbocycles. The standard InChI is InChI=1S/C28H30N4S/c1-20-12-13-24-23(18-20)25-27(29-19-30-28(25)33-24)32-16-14-31(15-17-32)26(21-8-4-2-5-9-21)22-10-6-3-7-11-22/h2-11,19-20,26H,12-18H2,1H3. The van der Waals surface area contributed by atoms with Crippen LogP contribution in [0.25, 0.3) is 10.2 Å². The van der Waals surface area contributed by atoms with Crippen LogP contribution in [0.2, 0.25) is 0 Å². The number of hydrogen-bond acceptors (Lipinski definition) is 5. The summed E-state index contributed by atoms with van der Waals surface area (Å²) in [4.78, 5) is 17.3. The van der Waals surface area contributed by atoms with Gasteiger partial charge in [0, 0.05) is 31.1 Å². The van der Waals surface area contributed by atoms with Crippen LogP contribution in [0.15, 0.2) is 67.0 Å². The molecule has 0 saturated carbocycles. The summed E-state index contributed by atoms with van der Waals surface area (Å²) in [6.45, 7) is 6.39. The number of aryl methyl sites for hydroxylation is 1. The minimum absolute atomic E-state index is 0.287. The topological polar surface area (TPSA) is 32.3 Å². The van der Waals surface area contributed by atoms with E-state index in [0.717, 1.165) is 37.9 Å². The van der Waals surface area contributed by atoms with Gasteiger partial charge in [0.05, 0.1) is 11.4 Å². The summed E-state index contributed by atoms with van der Waals surface area (Å²) >= 11 is 1.89. The molecule has 3 heterocycles. The van der Waals surface area contributed by atoms with Gasteiger partial charge in [-0.05, 0) is 41.9 Å². The van der Waals surface area contributed by atoms with Gasteiger partial charge in [-0.15, -0.1) is 11.3 Å². The highest BCUT2D eigenvalue weighted by Gasteiger charge is 2.29. The molecule has 2 aliphatic rings. The van der Waals surface area contributed by atoms with E-state index in [1.807, 2.05) is 11.3 Å². The molecule has 4 nitrogen and oxygen atoms in total. The first-order chi connectivity index (χ1) is 16.3. The first-order valence-electron chi connectivity index (χ1n) is 12.1. The van der Waals surface area contributed by atoms with Gasteiger partial charge in [-0.2, -0.15) is 0 Å². The van der Waals surface area contributed by atoms with Crippen LogP contribution in [0.1, 0.15) is 41.0 Å². The van der Waals surface area contributed by atoms with E-state index in [1.54, 1.807) is 6.33 Å². The molecule has 0 amide bonds. The second kappa shape index (κ2) is 8.88. The summed E-state index contributed by atoms with van der Waals surface area (Å²) in [5, 5.41) is 1.33. The van der Waals surface area contributed by atoms with Gasteiger partial charge < -0.3 is 4.90 Å². The van der Waals surface area contributed by atoms with Gasteiger partial charge >= 0.3 is 0 Å². The molecular formula is C28H30N4S. The SMILES string of the molecule is CC1CCc2sc3ncnc(N4CCN(C(c5ccccc5)c5ccccc5)CC4)c3c2C1. The van der Waals surface area contributed by atoms with Gasteiger partial charge in [-0.1, -0.05) is 67.6 Å².